The van der Waals surface area contributed by atoms with Crippen molar-refractivity contribution in [1.82, 2.24) is 14.7 Å². The summed E-state index contributed by atoms with van der Waals surface area (Å²) in [5.74, 6) is 0.671. The first-order valence-electron chi connectivity index (χ1n) is 5.62. The molecule has 0 atom stereocenters. The van der Waals surface area contributed by atoms with Gasteiger partial charge in [-0.3, -0.25) is 0 Å². The summed E-state index contributed by atoms with van der Waals surface area (Å²) in [4.78, 5) is 6.73. The van der Waals surface area contributed by atoms with E-state index in [0.29, 0.717) is 25.4 Å². The number of aromatic nitrogens is 2. The summed E-state index contributed by atoms with van der Waals surface area (Å²) in [6, 6.07) is 0. The molecule has 2 N–H and O–H groups in total. The molecule has 0 aliphatic heterocycles. The first-order chi connectivity index (χ1) is 8.10. The third-order valence-electron chi connectivity index (χ3n) is 2.30. The van der Waals surface area contributed by atoms with Crippen LogP contribution < -0.4 is 4.72 Å². The van der Waals surface area contributed by atoms with E-state index >= 15 is 0 Å². The van der Waals surface area contributed by atoms with E-state index < -0.39 is 10.0 Å². The number of rotatable bonds is 8. The highest BCUT2D eigenvalue weighted by molar-refractivity contribution is 7.89. The zero-order valence-corrected chi connectivity index (χ0v) is 11.0. The minimum absolute atomic E-state index is 0.126. The molecule has 0 aliphatic carbocycles. The van der Waals surface area contributed by atoms with Gasteiger partial charge in [0.1, 0.15) is 5.82 Å². The van der Waals surface area contributed by atoms with Crippen LogP contribution in [0, 0.1) is 0 Å². The molecule has 7 heteroatoms. The molecule has 0 aromatic carbocycles. The van der Waals surface area contributed by atoms with Crippen LogP contribution in [0.2, 0.25) is 0 Å². The van der Waals surface area contributed by atoms with Crippen LogP contribution >= 0.6 is 0 Å². The minimum Gasteiger partial charge on any atom is -0.385 e. The lowest BCUT2D eigenvalue weighted by atomic mass is 10.3. The van der Waals surface area contributed by atoms with E-state index in [-0.39, 0.29) is 5.03 Å². The average Bonchev–Trinajstić information content (AvgIpc) is 2.78. The molecule has 0 spiro atoms. The first-order valence-corrected chi connectivity index (χ1v) is 7.11. The molecule has 6 nitrogen and oxygen atoms in total. The van der Waals surface area contributed by atoms with Gasteiger partial charge in [-0.25, -0.2) is 18.1 Å². The first kappa shape index (κ1) is 14.1. The van der Waals surface area contributed by atoms with Gasteiger partial charge in [0.25, 0.3) is 10.0 Å². The molecule has 0 bridgehead atoms. The van der Waals surface area contributed by atoms with E-state index in [4.69, 9.17) is 4.74 Å². The van der Waals surface area contributed by atoms with Crippen LogP contribution in [0.5, 0.6) is 0 Å². The largest absolute Gasteiger partial charge is 0.385 e. The summed E-state index contributed by atoms with van der Waals surface area (Å²) in [6.45, 7) is 2.96. The van der Waals surface area contributed by atoms with Gasteiger partial charge in [-0.05, 0) is 12.8 Å². The molecule has 17 heavy (non-hydrogen) atoms. The summed E-state index contributed by atoms with van der Waals surface area (Å²) in [6.07, 6.45) is 3.61. The number of H-pyrrole nitrogens is 1. The van der Waals surface area contributed by atoms with Gasteiger partial charge in [-0.15, -0.1) is 0 Å². The molecule has 0 radical (unpaired) electrons. The van der Waals surface area contributed by atoms with Gasteiger partial charge in [0.15, 0.2) is 5.03 Å². The Labute approximate surface area is 102 Å². The minimum atomic E-state index is -3.45. The van der Waals surface area contributed by atoms with Crippen LogP contribution in [0.1, 0.15) is 25.6 Å². The zero-order chi connectivity index (χ0) is 12.7. The smallest absolute Gasteiger partial charge is 0.257 e. The standard InChI is InChI=1S/C10H19N3O3S/c1-3-9-11-8-10(13-9)17(14,15)12-6-4-5-7-16-2/h8,12H,3-7H2,1-2H3,(H,11,13). The molecule has 0 aliphatic rings. The maximum Gasteiger partial charge on any atom is 0.257 e. The van der Waals surface area contributed by atoms with Crippen LogP contribution in [0.15, 0.2) is 11.2 Å². The van der Waals surface area contributed by atoms with Gasteiger partial charge in [-0.1, -0.05) is 6.92 Å². The van der Waals surface area contributed by atoms with E-state index in [2.05, 4.69) is 14.7 Å². The van der Waals surface area contributed by atoms with Crippen molar-refractivity contribution in [2.75, 3.05) is 20.3 Å². The highest BCUT2D eigenvalue weighted by Gasteiger charge is 2.15. The number of hydrogen-bond donors (Lipinski definition) is 2. The summed E-state index contributed by atoms with van der Waals surface area (Å²) < 4.78 is 31.0. The van der Waals surface area contributed by atoms with Crippen LogP contribution in [-0.4, -0.2) is 38.6 Å². The molecule has 0 unspecified atom stereocenters. The normalized spacial score (nSPS) is 11.9. The Balaban J connectivity index is 2.45. The quantitative estimate of drug-likeness (QED) is 0.674. The van der Waals surface area contributed by atoms with Crippen molar-refractivity contribution < 1.29 is 13.2 Å². The number of aromatic amines is 1. The number of nitrogens with one attached hydrogen (secondary N) is 2. The third-order valence-corrected chi connectivity index (χ3v) is 3.67. The number of hydrogen-bond acceptors (Lipinski definition) is 4. The third kappa shape index (κ3) is 4.45. The Morgan fingerprint density at radius 1 is 1.47 bits per heavy atom. The van der Waals surface area contributed by atoms with E-state index in [1.165, 1.54) is 6.20 Å². The van der Waals surface area contributed by atoms with Crippen LogP contribution in [0.3, 0.4) is 0 Å². The maximum atomic E-state index is 11.8. The monoisotopic (exact) mass is 261 g/mol. The van der Waals surface area contributed by atoms with Crippen LogP contribution in [-0.2, 0) is 21.2 Å². The Morgan fingerprint density at radius 3 is 2.82 bits per heavy atom. The molecule has 1 rings (SSSR count). The fraction of sp³-hybridized carbons (Fsp3) is 0.700. The van der Waals surface area contributed by atoms with E-state index in [1.807, 2.05) is 6.92 Å². The number of aryl methyl sites for hydroxylation is 1. The van der Waals surface area contributed by atoms with Crippen molar-refractivity contribution in [3.63, 3.8) is 0 Å². The summed E-state index contributed by atoms with van der Waals surface area (Å²) >= 11 is 0. The highest BCUT2D eigenvalue weighted by Crippen LogP contribution is 2.05. The van der Waals surface area contributed by atoms with Crippen LogP contribution in [0.25, 0.3) is 0 Å². The number of imidazole rings is 1. The molecular formula is C10H19N3O3S. The van der Waals surface area contributed by atoms with Crippen LogP contribution in [0.4, 0.5) is 0 Å². The van der Waals surface area contributed by atoms with Gasteiger partial charge < -0.3 is 9.72 Å². The van der Waals surface area contributed by atoms with Gasteiger partial charge in [0, 0.05) is 26.7 Å². The second-order valence-corrected chi connectivity index (χ2v) is 5.38. The topological polar surface area (TPSA) is 84.1 Å². The zero-order valence-electron chi connectivity index (χ0n) is 10.2. The number of methoxy groups -OCH3 is 1. The summed E-state index contributed by atoms with van der Waals surface area (Å²) in [5.41, 5.74) is 0. The van der Waals surface area contributed by atoms with Gasteiger partial charge >= 0.3 is 0 Å². The van der Waals surface area contributed by atoms with Gasteiger partial charge in [0.2, 0.25) is 0 Å². The number of ether oxygens (including phenoxy) is 1. The SMILES string of the molecule is CCc1ncc(S(=O)(=O)NCCCCOC)[nH]1. The Hall–Kier alpha value is -0.920. The summed E-state index contributed by atoms with van der Waals surface area (Å²) in [5, 5.41) is 0.126. The Morgan fingerprint density at radius 2 is 2.24 bits per heavy atom. The van der Waals surface area contributed by atoms with Crippen molar-refractivity contribution in [3.05, 3.63) is 12.0 Å². The molecular weight excluding hydrogens is 242 g/mol. The average molecular weight is 261 g/mol. The second kappa shape index (κ2) is 6.73. The lowest BCUT2D eigenvalue weighted by Crippen LogP contribution is -2.25. The molecule has 1 aromatic heterocycles. The van der Waals surface area contributed by atoms with Crippen molar-refractivity contribution in [2.45, 2.75) is 31.2 Å². The maximum absolute atomic E-state index is 11.8. The van der Waals surface area contributed by atoms with Crippen molar-refractivity contribution in [3.8, 4) is 0 Å². The lowest BCUT2D eigenvalue weighted by molar-refractivity contribution is 0.193. The van der Waals surface area contributed by atoms with E-state index in [9.17, 15) is 8.42 Å². The predicted octanol–water partition coefficient (Wildman–Crippen LogP) is 0.677. The van der Waals surface area contributed by atoms with Crippen molar-refractivity contribution in [2.24, 2.45) is 0 Å². The molecule has 98 valence electrons. The Kier molecular flexibility index (Phi) is 5.60. The molecule has 0 fully saturated rings. The highest BCUT2D eigenvalue weighted by atomic mass is 32.2. The fourth-order valence-electron chi connectivity index (χ4n) is 1.32. The van der Waals surface area contributed by atoms with Crippen molar-refractivity contribution in [1.29, 1.82) is 0 Å². The molecule has 1 aromatic rings. The molecule has 0 saturated heterocycles. The fourth-order valence-corrected chi connectivity index (χ4v) is 2.33. The van der Waals surface area contributed by atoms with Gasteiger partial charge in [-0.2, -0.15) is 0 Å². The molecule has 0 amide bonds. The number of nitrogens with zero attached hydrogens (tertiary/aromatic N) is 1. The molecule has 0 saturated carbocycles. The number of unbranched alkanes of at least 4 members (excludes halogenated alkanes) is 1. The summed E-state index contributed by atoms with van der Waals surface area (Å²) in [7, 11) is -1.82. The van der Waals surface area contributed by atoms with Gasteiger partial charge in [0.05, 0.1) is 6.20 Å². The second-order valence-electron chi connectivity index (χ2n) is 3.65. The molecule has 1 heterocycles. The van der Waals surface area contributed by atoms with Crippen molar-refractivity contribution >= 4 is 10.0 Å². The number of sulfonamides is 1. The Bertz CT molecular complexity index is 428. The van der Waals surface area contributed by atoms with E-state index in [0.717, 1.165) is 12.8 Å². The lowest BCUT2D eigenvalue weighted by Gasteiger charge is -2.04. The van der Waals surface area contributed by atoms with E-state index in [1.54, 1.807) is 7.11 Å². The predicted molar refractivity (Wildman–Crippen MR) is 64.3 cm³/mol.